The number of hydrogen-bond donors (Lipinski definition) is 1. The van der Waals surface area contributed by atoms with Crippen LogP contribution in [0.4, 0.5) is 11.4 Å². The number of benzene rings is 1. The summed E-state index contributed by atoms with van der Waals surface area (Å²) < 4.78 is 25.4. The van der Waals surface area contributed by atoms with Crippen molar-refractivity contribution in [1.82, 2.24) is 5.32 Å². The van der Waals surface area contributed by atoms with E-state index in [0.717, 1.165) is 31.2 Å². The molecule has 7 heteroatoms. The standard InChI is InChI=1S/C17H29N3O3S/c1-5-6-7-13-18-17(21)12-14-20(24(4,22)23)16-10-8-15(9-11-16)19(2)3/h8-11H,5-7,12-14H2,1-4H3,(H,18,21). The summed E-state index contributed by atoms with van der Waals surface area (Å²) in [6, 6.07) is 7.24. The molecule has 1 rings (SSSR count). The molecule has 1 aromatic carbocycles. The van der Waals surface area contributed by atoms with Gasteiger partial charge in [0.15, 0.2) is 0 Å². The Morgan fingerprint density at radius 1 is 1.08 bits per heavy atom. The number of nitrogens with zero attached hydrogens (tertiary/aromatic N) is 2. The summed E-state index contributed by atoms with van der Waals surface area (Å²) in [6.07, 6.45) is 4.43. The predicted octanol–water partition coefficient (Wildman–Crippen LogP) is 2.22. The second-order valence-electron chi connectivity index (χ2n) is 6.05. The van der Waals surface area contributed by atoms with Gasteiger partial charge in [0.05, 0.1) is 11.9 Å². The molecule has 0 fully saturated rings. The second kappa shape index (κ2) is 9.52. The minimum atomic E-state index is -3.44. The largest absolute Gasteiger partial charge is 0.378 e. The molecule has 0 saturated carbocycles. The lowest BCUT2D eigenvalue weighted by Crippen LogP contribution is -2.34. The first-order valence-corrected chi connectivity index (χ1v) is 10.1. The topological polar surface area (TPSA) is 69.7 Å². The Kier molecular flexibility index (Phi) is 8.04. The zero-order valence-electron chi connectivity index (χ0n) is 15.1. The highest BCUT2D eigenvalue weighted by Crippen LogP contribution is 2.21. The van der Waals surface area contributed by atoms with Crippen molar-refractivity contribution in [2.24, 2.45) is 0 Å². The van der Waals surface area contributed by atoms with Crippen LogP contribution in [-0.2, 0) is 14.8 Å². The Labute approximate surface area is 145 Å². The number of anilines is 2. The van der Waals surface area contributed by atoms with Crippen molar-refractivity contribution in [2.45, 2.75) is 32.6 Å². The minimum Gasteiger partial charge on any atom is -0.378 e. The van der Waals surface area contributed by atoms with E-state index >= 15 is 0 Å². The average Bonchev–Trinajstić information content (AvgIpc) is 2.51. The van der Waals surface area contributed by atoms with Gasteiger partial charge in [0, 0.05) is 39.3 Å². The van der Waals surface area contributed by atoms with Gasteiger partial charge in [-0.05, 0) is 30.7 Å². The molecule has 0 unspecified atom stereocenters. The van der Waals surface area contributed by atoms with E-state index in [4.69, 9.17) is 0 Å². The van der Waals surface area contributed by atoms with Gasteiger partial charge >= 0.3 is 0 Å². The number of nitrogens with one attached hydrogen (secondary N) is 1. The summed E-state index contributed by atoms with van der Waals surface area (Å²) >= 11 is 0. The fourth-order valence-electron chi connectivity index (χ4n) is 2.30. The first-order chi connectivity index (χ1) is 11.3. The third kappa shape index (κ3) is 6.78. The fraction of sp³-hybridized carbons (Fsp3) is 0.588. The molecular weight excluding hydrogens is 326 g/mol. The SMILES string of the molecule is CCCCCNC(=O)CCN(c1ccc(N(C)C)cc1)S(C)(=O)=O. The quantitative estimate of drug-likeness (QED) is 0.653. The summed E-state index contributed by atoms with van der Waals surface area (Å²) in [7, 11) is 0.410. The van der Waals surface area contributed by atoms with Crippen molar-refractivity contribution in [3.63, 3.8) is 0 Å². The van der Waals surface area contributed by atoms with Crippen LogP contribution in [0.1, 0.15) is 32.6 Å². The van der Waals surface area contributed by atoms with Gasteiger partial charge in [0.25, 0.3) is 0 Å². The second-order valence-corrected chi connectivity index (χ2v) is 7.96. The predicted molar refractivity (Wildman–Crippen MR) is 100 cm³/mol. The first kappa shape index (κ1) is 20.3. The van der Waals surface area contributed by atoms with Gasteiger partial charge in [-0.2, -0.15) is 0 Å². The lowest BCUT2D eigenvalue weighted by molar-refractivity contribution is -0.120. The number of rotatable bonds is 10. The molecular formula is C17H29N3O3S. The van der Waals surface area contributed by atoms with Crippen LogP contribution in [0.15, 0.2) is 24.3 Å². The smallest absolute Gasteiger partial charge is 0.232 e. The lowest BCUT2D eigenvalue weighted by atomic mass is 10.2. The Hall–Kier alpha value is -1.76. The molecule has 1 aromatic rings. The Morgan fingerprint density at radius 3 is 2.17 bits per heavy atom. The zero-order valence-corrected chi connectivity index (χ0v) is 15.9. The molecule has 0 saturated heterocycles. The zero-order chi connectivity index (χ0) is 18.2. The van der Waals surface area contributed by atoms with Crippen LogP contribution in [-0.4, -0.2) is 47.8 Å². The molecule has 1 N–H and O–H groups in total. The molecule has 1 amide bonds. The van der Waals surface area contributed by atoms with Crippen molar-refractivity contribution in [3.05, 3.63) is 24.3 Å². The van der Waals surface area contributed by atoms with E-state index in [2.05, 4.69) is 12.2 Å². The summed E-state index contributed by atoms with van der Waals surface area (Å²) in [5.74, 6) is -0.121. The van der Waals surface area contributed by atoms with Gasteiger partial charge in [-0.3, -0.25) is 9.10 Å². The molecule has 0 aliphatic rings. The third-order valence-electron chi connectivity index (χ3n) is 3.70. The summed E-state index contributed by atoms with van der Waals surface area (Å²) in [5, 5.41) is 2.83. The molecule has 0 aliphatic heterocycles. The maximum absolute atomic E-state index is 12.0. The molecule has 0 aromatic heterocycles. The van der Waals surface area contributed by atoms with Crippen molar-refractivity contribution in [2.75, 3.05) is 42.6 Å². The lowest BCUT2D eigenvalue weighted by Gasteiger charge is -2.23. The molecule has 0 heterocycles. The van der Waals surface area contributed by atoms with E-state index in [-0.39, 0.29) is 18.9 Å². The van der Waals surface area contributed by atoms with Crippen molar-refractivity contribution >= 4 is 27.3 Å². The van der Waals surface area contributed by atoms with Gasteiger partial charge < -0.3 is 10.2 Å². The van der Waals surface area contributed by atoms with Crippen LogP contribution in [0.25, 0.3) is 0 Å². The molecule has 0 bridgehead atoms. The average molecular weight is 356 g/mol. The maximum Gasteiger partial charge on any atom is 0.232 e. The molecule has 0 radical (unpaired) electrons. The van der Waals surface area contributed by atoms with Gasteiger partial charge in [-0.25, -0.2) is 8.42 Å². The monoisotopic (exact) mass is 355 g/mol. The normalized spacial score (nSPS) is 11.2. The van der Waals surface area contributed by atoms with Gasteiger partial charge in [0.2, 0.25) is 15.9 Å². The van der Waals surface area contributed by atoms with Crippen LogP contribution < -0.4 is 14.5 Å². The number of unbranched alkanes of at least 4 members (excludes halogenated alkanes) is 2. The van der Waals surface area contributed by atoms with E-state index in [0.29, 0.717) is 12.2 Å². The molecule has 6 nitrogen and oxygen atoms in total. The van der Waals surface area contributed by atoms with Gasteiger partial charge in [0.1, 0.15) is 0 Å². The number of carbonyl (C=O) groups is 1. The number of carbonyl (C=O) groups excluding carboxylic acids is 1. The molecule has 136 valence electrons. The van der Waals surface area contributed by atoms with Gasteiger partial charge in [-0.1, -0.05) is 19.8 Å². The Balaban J connectivity index is 2.68. The van der Waals surface area contributed by atoms with Crippen molar-refractivity contribution in [1.29, 1.82) is 0 Å². The molecule has 0 atom stereocenters. The first-order valence-electron chi connectivity index (χ1n) is 8.27. The molecule has 0 aliphatic carbocycles. The van der Waals surface area contributed by atoms with E-state index in [1.54, 1.807) is 12.1 Å². The van der Waals surface area contributed by atoms with Crippen LogP contribution in [0.2, 0.25) is 0 Å². The summed E-state index contributed by atoms with van der Waals surface area (Å²) in [4.78, 5) is 13.8. The summed E-state index contributed by atoms with van der Waals surface area (Å²) in [5.41, 5.74) is 1.56. The number of hydrogen-bond acceptors (Lipinski definition) is 4. The minimum absolute atomic E-state index is 0.121. The maximum atomic E-state index is 12.0. The van der Waals surface area contributed by atoms with Crippen LogP contribution in [0.3, 0.4) is 0 Å². The highest BCUT2D eigenvalue weighted by atomic mass is 32.2. The Bertz CT molecular complexity index is 612. The van der Waals surface area contributed by atoms with Crippen LogP contribution in [0, 0.1) is 0 Å². The highest BCUT2D eigenvalue weighted by molar-refractivity contribution is 7.92. The van der Waals surface area contributed by atoms with E-state index in [9.17, 15) is 13.2 Å². The number of sulfonamides is 1. The third-order valence-corrected chi connectivity index (χ3v) is 4.89. The molecule has 0 spiro atoms. The van der Waals surface area contributed by atoms with Crippen LogP contribution >= 0.6 is 0 Å². The van der Waals surface area contributed by atoms with Crippen LogP contribution in [0.5, 0.6) is 0 Å². The van der Waals surface area contributed by atoms with E-state index < -0.39 is 10.0 Å². The van der Waals surface area contributed by atoms with Crippen molar-refractivity contribution in [3.8, 4) is 0 Å². The van der Waals surface area contributed by atoms with E-state index in [1.165, 1.54) is 4.31 Å². The Morgan fingerprint density at radius 2 is 1.67 bits per heavy atom. The van der Waals surface area contributed by atoms with E-state index in [1.807, 2.05) is 31.1 Å². The highest BCUT2D eigenvalue weighted by Gasteiger charge is 2.18. The number of amides is 1. The fourth-order valence-corrected chi connectivity index (χ4v) is 3.23. The summed E-state index contributed by atoms with van der Waals surface area (Å²) in [6.45, 7) is 2.89. The van der Waals surface area contributed by atoms with Crippen molar-refractivity contribution < 1.29 is 13.2 Å². The molecule has 24 heavy (non-hydrogen) atoms. The van der Waals surface area contributed by atoms with Gasteiger partial charge in [-0.15, -0.1) is 0 Å².